The van der Waals surface area contributed by atoms with Gasteiger partial charge in [0.05, 0.1) is 4.32 Å². The number of hydrogen-bond donors (Lipinski definition) is 2. The summed E-state index contributed by atoms with van der Waals surface area (Å²) in [7, 11) is 0. The smallest absolute Gasteiger partial charge is 0.236 e. The zero-order valence-corrected chi connectivity index (χ0v) is 9.64. The monoisotopic (exact) mass is 250 g/mol. The van der Waals surface area contributed by atoms with Crippen molar-refractivity contribution in [2.75, 3.05) is 0 Å². The second-order valence-corrected chi connectivity index (χ2v) is 5.50. The fourth-order valence-electron chi connectivity index (χ4n) is 0.748. The molecule has 0 radical (unpaired) electrons. The van der Waals surface area contributed by atoms with Crippen LogP contribution in [-0.2, 0) is 9.59 Å². The minimum atomic E-state index is -0.612. The van der Waals surface area contributed by atoms with E-state index in [-0.39, 0.29) is 18.4 Å². The largest absolute Gasteiger partial charge is 0.370 e. The Bertz CT molecular complexity index is 211. The van der Waals surface area contributed by atoms with E-state index in [1.807, 2.05) is 0 Å². The number of amides is 2. The molecule has 13 heavy (non-hydrogen) atoms. The molecule has 0 saturated heterocycles. The maximum atomic E-state index is 11.3. The van der Waals surface area contributed by atoms with Crippen LogP contribution in [0.2, 0.25) is 0 Å². The highest BCUT2D eigenvalue weighted by Gasteiger charge is 2.24. The topological polar surface area (TPSA) is 72.2 Å². The summed E-state index contributed by atoms with van der Waals surface area (Å²) < 4.78 is -0.612. The number of rotatable bonds is 4. The fourth-order valence-corrected chi connectivity index (χ4v) is 0.863. The molecule has 0 aliphatic carbocycles. The molecule has 2 amide bonds. The second-order valence-electron chi connectivity index (χ2n) is 3.52. The molecule has 76 valence electrons. The van der Waals surface area contributed by atoms with Crippen LogP contribution in [0.15, 0.2) is 0 Å². The lowest BCUT2D eigenvalue weighted by atomic mass is 10.1. The van der Waals surface area contributed by atoms with Crippen molar-refractivity contribution in [1.29, 1.82) is 0 Å². The van der Waals surface area contributed by atoms with Gasteiger partial charge >= 0.3 is 0 Å². The Kier molecular flexibility index (Phi) is 4.39. The molecule has 0 saturated carbocycles. The van der Waals surface area contributed by atoms with E-state index in [0.29, 0.717) is 0 Å². The first-order chi connectivity index (χ1) is 5.73. The third-order valence-electron chi connectivity index (χ3n) is 1.42. The molecule has 0 spiro atoms. The Hall–Kier alpha value is -0.580. The number of nitrogens with two attached hydrogens (primary N) is 1. The predicted molar refractivity (Wildman–Crippen MR) is 54.4 cm³/mol. The fraction of sp³-hybridized carbons (Fsp3) is 0.750. The molecule has 0 aliphatic rings. The van der Waals surface area contributed by atoms with Crippen molar-refractivity contribution in [1.82, 2.24) is 5.32 Å². The van der Waals surface area contributed by atoms with Crippen LogP contribution in [0.3, 0.4) is 0 Å². The second kappa shape index (κ2) is 4.60. The molecule has 0 aromatic carbocycles. The summed E-state index contributed by atoms with van der Waals surface area (Å²) >= 11 is 3.21. The Labute approximate surface area is 86.4 Å². The van der Waals surface area contributed by atoms with Gasteiger partial charge < -0.3 is 11.1 Å². The number of halogens is 1. The van der Waals surface area contributed by atoms with Crippen molar-refractivity contribution in [3.63, 3.8) is 0 Å². The van der Waals surface area contributed by atoms with Gasteiger partial charge in [-0.15, -0.1) is 0 Å². The third-order valence-corrected chi connectivity index (χ3v) is 1.78. The maximum Gasteiger partial charge on any atom is 0.236 e. The Morgan fingerprint density at radius 3 is 2.31 bits per heavy atom. The van der Waals surface area contributed by atoms with Crippen molar-refractivity contribution in [3.8, 4) is 0 Å². The van der Waals surface area contributed by atoms with E-state index in [0.717, 1.165) is 0 Å². The number of carbonyl (C=O) groups is 2. The Morgan fingerprint density at radius 1 is 1.54 bits per heavy atom. The highest BCUT2D eigenvalue weighted by molar-refractivity contribution is 9.10. The molecule has 0 bridgehead atoms. The highest BCUT2D eigenvalue weighted by Crippen LogP contribution is 2.15. The lowest BCUT2D eigenvalue weighted by Crippen LogP contribution is -2.43. The average Bonchev–Trinajstić information content (AvgIpc) is 1.82. The van der Waals surface area contributed by atoms with Gasteiger partial charge in [0.25, 0.3) is 0 Å². The van der Waals surface area contributed by atoms with Gasteiger partial charge in [-0.1, -0.05) is 15.9 Å². The van der Waals surface area contributed by atoms with Crippen molar-refractivity contribution in [2.24, 2.45) is 5.73 Å². The quantitative estimate of drug-likeness (QED) is 0.716. The summed E-state index contributed by atoms with van der Waals surface area (Å²) in [5.41, 5.74) is 4.98. The third kappa shape index (κ3) is 5.63. The zero-order chi connectivity index (χ0) is 10.6. The first kappa shape index (κ1) is 12.4. The standard InChI is InChI=1S/C8H15BrN2O2/c1-5(4-6(10)12)11-7(13)8(2,3)9/h5H,4H2,1-3H3,(H2,10,12)(H,11,13). The van der Waals surface area contributed by atoms with Gasteiger partial charge in [0.2, 0.25) is 11.8 Å². The normalized spacial score (nSPS) is 13.5. The van der Waals surface area contributed by atoms with Gasteiger partial charge in [0.1, 0.15) is 0 Å². The van der Waals surface area contributed by atoms with Crippen molar-refractivity contribution >= 4 is 27.7 Å². The Morgan fingerprint density at radius 2 is 2.00 bits per heavy atom. The SMILES string of the molecule is CC(CC(N)=O)NC(=O)C(C)(C)Br. The van der Waals surface area contributed by atoms with E-state index in [2.05, 4.69) is 21.2 Å². The van der Waals surface area contributed by atoms with Gasteiger partial charge in [-0.3, -0.25) is 9.59 Å². The van der Waals surface area contributed by atoms with Gasteiger partial charge in [0.15, 0.2) is 0 Å². The molecule has 0 aliphatic heterocycles. The first-order valence-corrected chi connectivity index (χ1v) is 4.81. The summed E-state index contributed by atoms with van der Waals surface area (Å²) in [6.07, 6.45) is 0.162. The molecule has 4 nitrogen and oxygen atoms in total. The number of primary amides is 1. The summed E-state index contributed by atoms with van der Waals surface area (Å²) in [6.45, 7) is 5.21. The van der Waals surface area contributed by atoms with Crippen LogP contribution in [0.1, 0.15) is 27.2 Å². The summed E-state index contributed by atoms with van der Waals surface area (Å²) in [5, 5.41) is 2.66. The van der Waals surface area contributed by atoms with Gasteiger partial charge in [-0.2, -0.15) is 0 Å². The van der Waals surface area contributed by atoms with Crippen LogP contribution in [0.4, 0.5) is 0 Å². The molecular weight excluding hydrogens is 236 g/mol. The van der Waals surface area contributed by atoms with Crippen molar-refractivity contribution in [3.05, 3.63) is 0 Å². The van der Waals surface area contributed by atoms with Crippen molar-refractivity contribution < 1.29 is 9.59 Å². The minimum Gasteiger partial charge on any atom is -0.370 e. The van der Waals surface area contributed by atoms with Crippen LogP contribution in [0.25, 0.3) is 0 Å². The summed E-state index contributed by atoms with van der Waals surface area (Å²) in [5.74, 6) is -0.568. The average molecular weight is 251 g/mol. The summed E-state index contributed by atoms with van der Waals surface area (Å²) in [4.78, 5) is 21.8. The molecule has 0 aromatic heterocycles. The maximum absolute atomic E-state index is 11.3. The Balaban J connectivity index is 4.00. The first-order valence-electron chi connectivity index (χ1n) is 4.01. The molecule has 3 N–H and O–H groups in total. The van der Waals surface area contributed by atoms with E-state index < -0.39 is 10.2 Å². The molecule has 0 aromatic rings. The van der Waals surface area contributed by atoms with Gasteiger partial charge in [-0.05, 0) is 20.8 Å². The molecule has 1 unspecified atom stereocenters. The summed E-state index contributed by atoms with van der Waals surface area (Å²) in [6, 6.07) is -0.221. The lowest BCUT2D eigenvalue weighted by Gasteiger charge is -2.19. The van der Waals surface area contributed by atoms with Gasteiger partial charge in [-0.25, -0.2) is 0 Å². The number of carbonyl (C=O) groups excluding carboxylic acids is 2. The van der Waals surface area contributed by atoms with E-state index in [9.17, 15) is 9.59 Å². The molecule has 0 heterocycles. The van der Waals surface area contributed by atoms with Crippen molar-refractivity contribution in [2.45, 2.75) is 37.6 Å². The lowest BCUT2D eigenvalue weighted by molar-refractivity contribution is -0.123. The number of hydrogen-bond acceptors (Lipinski definition) is 2. The predicted octanol–water partition coefficient (Wildman–Crippen LogP) is 0.540. The van der Waals surface area contributed by atoms with Crippen LogP contribution in [0, 0.1) is 0 Å². The van der Waals surface area contributed by atoms with E-state index in [1.54, 1.807) is 20.8 Å². The van der Waals surface area contributed by atoms with Gasteiger partial charge in [0, 0.05) is 12.5 Å². The van der Waals surface area contributed by atoms with Crippen LogP contribution < -0.4 is 11.1 Å². The molecule has 0 fully saturated rings. The molecule has 0 rings (SSSR count). The zero-order valence-electron chi connectivity index (χ0n) is 8.06. The van der Waals surface area contributed by atoms with E-state index in [1.165, 1.54) is 0 Å². The number of nitrogens with one attached hydrogen (secondary N) is 1. The number of alkyl halides is 1. The van der Waals surface area contributed by atoms with Crippen LogP contribution in [0.5, 0.6) is 0 Å². The van der Waals surface area contributed by atoms with Crippen LogP contribution >= 0.6 is 15.9 Å². The van der Waals surface area contributed by atoms with Crippen LogP contribution in [-0.4, -0.2) is 22.2 Å². The molecular formula is C8H15BrN2O2. The van der Waals surface area contributed by atoms with E-state index in [4.69, 9.17) is 5.73 Å². The molecule has 5 heteroatoms. The van der Waals surface area contributed by atoms with E-state index >= 15 is 0 Å². The highest BCUT2D eigenvalue weighted by atomic mass is 79.9. The molecule has 1 atom stereocenters. The minimum absolute atomic E-state index is 0.152.